The van der Waals surface area contributed by atoms with Gasteiger partial charge in [0.25, 0.3) is 0 Å². The van der Waals surface area contributed by atoms with E-state index in [-0.39, 0.29) is 30.3 Å². The summed E-state index contributed by atoms with van der Waals surface area (Å²) < 4.78 is 18.9. The van der Waals surface area contributed by atoms with E-state index in [9.17, 15) is 14.3 Å². The number of nitrogens with zero attached hydrogens (tertiary/aromatic N) is 3. The van der Waals surface area contributed by atoms with Crippen LogP contribution in [-0.2, 0) is 17.8 Å². The van der Waals surface area contributed by atoms with Crippen LogP contribution in [0.3, 0.4) is 0 Å². The number of anilines is 1. The van der Waals surface area contributed by atoms with Crippen LogP contribution in [-0.4, -0.2) is 49.9 Å². The lowest BCUT2D eigenvalue weighted by molar-refractivity contribution is 0.0864. The number of carbonyl (C=O) groups is 1. The largest absolute Gasteiger partial charge is 0.494 e. The number of piperidine rings is 1. The Labute approximate surface area is 231 Å². The number of carbonyl (C=O) groups excluding carboxylic acids is 1. The second-order valence-corrected chi connectivity index (χ2v) is 9.77. The molecule has 0 saturated carbocycles. The fourth-order valence-corrected chi connectivity index (χ4v) is 4.81. The molecule has 1 aliphatic rings. The number of aliphatic hydroxyl groups is 1. The number of aliphatic hydroxyl groups excluding tert-OH is 1. The highest BCUT2D eigenvalue weighted by atomic mass is 19.1. The van der Waals surface area contributed by atoms with Gasteiger partial charge in [-0.1, -0.05) is 42.5 Å². The second-order valence-electron chi connectivity index (χ2n) is 9.77. The zero-order valence-corrected chi connectivity index (χ0v) is 21.9. The molecule has 0 radical (unpaired) electrons. The Kier molecular flexibility index (Phi) is 8.34. The highest BCUT2D eigenvalue weighted by Gasteiger charge is 2.29. The Morgan fingerprint density at radius 1 is 1.10 bits per heavy atom. The van der Waals surface area contributed by atoms with E-state index < -0.39 is 0 Å². The number of aromatic amines is 1. The molecule has 1 fully saturated rings. The quantitative estimate of drug-likeness (QED) is 0.152. The first kappa shape index (κ1) is 26.9. The zero-order valence-electron chi connectivity index (χ0n) is 21.9. The van der Waals surface area contributed by atoms with E-state index in [2.05, 4.69) is 20.3 Å². The molecule has 4 aromatic rings. The Bertz CT molecular complexity index is 1460. The number of H-pyrrole nitrogens is 1. The highest BCUT2D eigenvalue weighted by Crippen LogP contribution is 2.26. The van der Waals surface area contributed by atoms with Gasteiger partial charge in [0, 0.05) is 36.5 Å². The summed E-state index contributed by atoms with van der Waals surface area (Å²) >= 11 is 0. The fraction of sp³-hybridized carbons (Fsp3) is 0.267. The Morgan fingerprint density at radius 3 is 2.58 bits per heavy atom. The third kappa shape index (κ3) is 6.63. The molecule has 0 bridgehead atoms. The SMILES string of the molecule is N=C(/C(CCc1ccc(F)cc1)=C(/O)Nc1nc2ccncc2[nH]1)C1CCN(C(=O)OCc2ccccc2)CC1. The maximum atomic E-state index is 13.4. The van der Waals surface area contributed by atoms with Crippen molar-refractivity contribution in [2.75, 3.05) is 18.4 Å². The van der Waals surface area contributed by atoms with Gasteiger partial charge in [-0.15, -0.1) is 0 Å². The number of imidazole rings is 1. The zero-order chi connectivity index (χ0) is 27.9. The van der Waals surface area contributed by atoms with E-state index in [0.717, 1.165) is 11.1 Å². The number of aromatic nitrogens is 3. The molecule has 2 aromatic heterocycles. The number of likely N-dealkylation sites (tertiary alicyclic amines) is 1. The van der Waals surface area contributed by atoms with E-state index >= 15 is 0 Å². The monoisotopic (exact) mass is 542 g/mol. The molecular weight excluding hydrogens is 511 g/mol. The smallest absolute Gasteiger partial charge is 0.410 e. The van der Waals surface area contributed by atoms with Crippen LogP contribution in [0.1, 0.15) is 30.4 Å². The fourth-order valence-electron chi connectivity index (χ4n) is 4.81. The minimum atomic E-state index is -0.371. The van der Waals surface area contributed by atoms with Crippen molar-refractivity contribution in [1.29, 1.82) is 5.41 Å². The van der Waals surface area contributed by atoms with Crippen molar-refractivity contribution in [3.05, 3.63) is 101 Å². The number of nitrogens with one attached hydrogen (secondary N) is 3. The van der Waals surface area contributed by atoms with Gasteiger partial charge in [-0.05, 0) is 55.0 Å². The molecule has 0 aliphatic carbocycles. The van der Waals surface area contributed by atoms with Gasteiger partial charge in [0.15, 0.2) is 5.88 Å². The Balaban J connectivity index is 1.26. The summed E-state index contributed by atoms with van der Waals surface area (Å²) in [4.78, 5) is 25.8. The average molecular weight is 543 g/mol. The van der Waals surface area contributed by atoms with Crippen molar-refractivity contribution < 1.29 is 19.0 Å². The van der Waals surface area contributed by atoms with Crippen LogP contribution in [0.4, 0.5) is 15.1 Å². The summed E-state index contributed by atoms with van der Waals surface area (Å²) in [6, 6.07) is 17.5. The number of benzene rings is 2. The van der Waals surface area contributed by atoms with Crippen LogP contribution >= 0.6 is 0 Å². The third-order valence-electron chi connectivity index (χ3n) is 7.07. The minimum Gasteiger partial charge on any atom is -0.494 e. The molecule has 1 aliphatic heterocycles. The third-order valence-corrected chi connectivity index (χ3v) is 7.07. The lowest BCUT2D eigenvalue weighted by Crippen LogP contribution is -2.40. The first-order chi connectivity index (χ1) is 19.5. The van der Waals surface area contributed by atoms with Crippen molar-refractivity contribution in [2.24, 2.45) is 5.92 Å². The number of amides is 1. The first-order valence-electron chi connectivity index (χ1n) is 13.2. The van der Waals surface area contributed by atoms with Crippen molar-refractivity contribution in [3.63, 3.8) is 0 Å². The molecular formula is C30H31FN6O3. The number of fused-ring (bicyclic) bond motifs is 1. The summed E-state index contributed by atoms with van der Waals surface area (Å²) in [5.74, 6) is -0.289. The molecule has 2 aromatic carbocycles. The van der Waals surface area contributed by atoms with Gasteiger partial charge in [-0.3, -0.25) is 10.3 Å². The normalized spacial score (nSPS) is 14.6. The standard InChI is InChI=1S/C30H31FN6O3/c31-23-9-6-20(7-10-23)8-11-24(28(38)36-29-34-25-12-15-33-18-26(25)35-29)27(32)22-13-16-37(17-14-22)30(39)40-19-21-4-2-1-3-5-21/h1-7,9-10,12,15,18,22,32,38H,8,11,13-14,16-17,19H2,(H2,34,35,36)/b28-24+,32-27?. The molecule has 40 heavy (non-hydrogen) atoms. The van der Waals surface area contributed by atoms with Crippen LogP contribution < -0.4 is 5.32 Å². The predicted molar refractivity (Wildman–Crippen MR) is 151 cm³/mol. The molecule has 206 valence electrons. The van der Waals surface area contributed by atoms with Crippen LogP contribution in [0.15, 0.2) is 84.5 Å². The lowest BCUT2D eigenvalue weighted by Gasteiger charge is -2.32. The minimum absolute atomic E-state index is 0.148. The maximum Gasteiger partial charge on any atom is 0.410 e. The van der Waals surface area contributed by atoms with Crippen molar-refractivity contribution in [2.45, 2.75) is 32.3 Å². The van der Waals surface area contributed by atoms with Gasteiger partial charge >= 0.3 is 6.09 Å². The predicted octanol–water partition coefficient (Wildman–Crippen LogP) is 5.98. The van der Waals surface area contributed by atoms with Crippen LogP contribution in [0.5, 0.6) is 0 Å². The van der Waals surface area contributed by atoms with Crippen molar-refractivity contribution >= 4 is 28.8 Å². The van der Waals surface area contributed by atoms with E-state index in [1.165, 1.54) is 12.1 Å². The van der Waals surface area contributed by atoms with Gasteiger partial charge < -0.3 is 25.1 Å². The van der Waals surface area contributed by atoms with E-state index in [0.29, 0.717) is 67.0 Å². The molecule has 5 rings (SSSR count). The topological polar surface area (TPSA) is 127 Å². The maximum absolute atomic E-state index is 13.4. The molecule has 1 amide bonds. The van der Waals surface area contributed by atoms with Gasteiger partial charge in [0.2, 0.25) is 5.95 Å². The molecule has 1 saturated heterocycles. The summed E-state index contributed by atoms with van der Waals surface area (Å²) in [6.07, 6.45) is 4.93. The number of aryl methyl sites for hydroxylation is 1. The van der Waals surface area contributed by atoms with Gasteiger partial charge in [-0.2, -0.15) is 0 Å². The van der Waals surface area contributed by atoms with Gasteiger partial charge in [-0.25, -0.2) is 14.2 Å². The molecule has 0 spiro atoms. The number of rotatable bonds is 9. The van der Waals surface area contributed by atoms with Crippen LogP contribution in [0, 0.1) is 17.1 Å². The van der Waals surface area contributed by atoms with Gasteiger partial charge in [0.1, 0.15) is 12.4 Å². The Morgan fingerprint density at radius 2 is 1.85 bits per heavy atom. The molecule has 3 heterocycles. The first-order valence-corrected chi connectivity index (χ1v) is 13.2. The number of halogens is 1. The summed E-state index contributed by atoms with van der Waals surface area (Å²) in [6.45, 7) is 1.12. The number of hydrogen-bond acceptors (Lipinski definition) is 7. The Hall–Kier alpha value is -4.73. The molecule has 0 unspecified atom stereocenters. The molecule has 0 atom stereocenters. The lowest BCUT2D eigenvalue weighted by atomic mass is 9.86. The van der Waals surface area contributed by atoms with Crippen molar-refractivity contribution in [3.8, 4) is 0 Å². The average Bonchev–Trinajstić information content (AvgIpc) is 3.39. The van der Waals surface area contributed by atoms with Crippen LogP contribution in [0.25, 0.3) is 11.0 Å². The molecule has 9 nitrogen and oxygen atoms in total. The summed E-state index contributed by atoms with van der Waals surface area (Å²) in [5.41, 5.74) is 3.99. The number of allylic oxidation sites excluding steroid dienone is 1. The number of pyridine rings is 1. The van der Waals surface area contributed by atoms with Crippen LogP contribution in [0.2, 0.25) is 0 Å². The second kappa shape index (κ2) is 12.4. The summed E-state index contributed by atoms with van der Waals surface area (Å²) in [7, 11) is 0. The van der Waals surface area contributed by atoms with Crippen molar-refractivity contribution in [1.82, 2.24) is 19.9 Å². The van der Waals surface area contributed by atoms with E-state index in [4.69, 9.17) is 10.1 Å². The highest BCUT2D eigenvalue weighted by molar-refractivity contribution is 6.00. The van der Waals surface area contributed by atoms with E-state index in [1.54, 1.807) is 35.5 Å². The molecule has 10 heteroatoms. The number of hydrogen-bond donors (Lipinski definition) is 4. The summed E-state index contributed by atoms with van der Waals surface area (Å²) in [5, 5.41) is 23.1. The van der Waals surface area contributed by atoms with Gasteiger partial charge in [0.05, 0.1) is 17.2 Å². The molecule has 4 N–H and O–H groups in total. The van der Waals surface area contributed by atoms with E-state index in [1.807, 2.05) is 30.3 Å². The number of ether oxygens (including phenoxy) is 1.